The molecule has 0 heterocycles. The van der Waals surface area contributed by atoms with Crippen molar-refractivity contribution in [1.82, 2.24) is 10.2 Å². The Morgan fingerprint density at radius 2 is 1.83 bits per heavy atom. The Balaban J connectivity index is 1.60. The van der Waals surface area contributed by atoms with Crippen LogP contribution in [0.25, 0.3) is 0 Å². The van der Waals surface area contributed by atoms with Crippen LogP contribution in [0.4, 0.5) is 0 Å². The van der Waals surface area contributed by atoms with Gasteiger partial charge in [0.1, 0.15) is 5.54 Å². The van der Waals surface area contributed by atoms with Gasteiger partial charge in [0, 0.05) is 18.1 Å². The molecule has 3 nitrogen and oxygen atoms in total. The van der Waals surface area contributed by atoms with E-state index in [0.717, 1.165) is 18.9 Å². The van der Waals surface area contributed by atoms with Crippen LogP contribution >= 0.6 is 0 Å². The molecule has 18 heavy (non-hydrogen) atoms. The number of nitrogens with one attached hydrogen (secondary N) is 1. The first kappa shape index (κ1) is 12.4. The van der Waals surface area contributed by atoms with E-state index < -0.39 is 0 Å². The number of rotatable bonds is 4. The molecule has 3 rings (SSSR count). The van der Waals surface area contributed by atoms with Gasteiger partial charge in [-0.05, 0) is 52.0 Å². The summed E-state index contributed by atoms with van der Waals surface area (Å²) in [5, 5.41) is 13.1. The summed E-state index contributed by atoms with van der Waals surface area (Å²) in [6.07, 6.45) is 11.3. The van der Waals surface area contributed by atoms with Gasteiger partial charge in [0.15, 0.2) is 0 Å². The largest absolute Gasteiger partial charge is 0.300 e. The minimum Gasteiger partial charge on any atom is -0.300 e. The van der Waals surface area contributed by atoms with Crippen molar-refractivity contribution in [3.05, 3.63) is 0 Å². The van der Waals surface area contributed by atoms with Crippen molar-refractivity contribution in [2.45, 2.75) is 81.5 Å². The van der Waals surface area contributed by atoms with E-state index in [4.69, 9.17) is 0 Å². The van der Waals surface area contributed by atoms with Crippen molar-refractivity contribution in [3.8, 4) is 6.07 Å². The Hall–Kier alpha value is -0.590. The van der Waals surface area contributed by atoms with Crippen molar-refractivity contribution < 1.29 is 0 Å². The molecule has 3 aliphatic rings. The molecule has 2 unspecified atom stereocenters. The molecule has 0 aromatic carbocycles. The third-order valence-electron chi connectivity index (χ3n) is 5.24. The minimum atomic E-state index is -0.210. The summed E-state index contributed by atoms with van der Waals surface area (Å²) in [5.74, 6) is 0. The van der Waals surface area contributed by atoms with Crippen LogP contribution in [0.3, 0.4) is 0 Å². The predicted molar refractivity (Wildman–Crippen MR) is 72.2 cm³/mol. The highest BCUT2D eigenvalue weighted by Gasteiger charge is 2.44. The summed E-state index contributed by atoms with van der Waals surface area (Å²) in [6.45, 7) is 0. The maximum absolute atomic E-state index is 9.53. The van der Waals surface area contributed by atoms with Crippen molar-refractivity contribution in [1.29, 1.82) is 5.26 Å². The van der Waals surface area contributed by atoms with Crippen LogP contribution in [-0.4, -0.2) is 35.6 Å². The maximum atomic E-state index is 9.53. The number of nitrogens with zero attached hydrogens (tertiary/aromatic N) is 2. The highest BCUT2D eigenvalue weighted by molar-refractivity contribution is 5.15. The summed E-state index contributed by atoms with van der Waals surface area (Å²) < 4.78 is 0. The lowest BCUT2D eigenvalue weighted by molar-refractivity contribution is 0.171. The molecule has 0 radical (unpaired) electrons. The molecule has 2 atom stereocenters. The second-order valence-corrected chi connectivity index (χ2v) is 6.61. The molecule has 0 amide bonds. The Morgan fingerprint density at radius 3 is 2.44 bits per heavy atom. The van der Waals surface area contributed by atoms with Gasteiger partial charge in [-0.3, -0.25) is 5.32 Å². The molecule has 0 bridgehead atoms. The van der Waals surface area contributed by atoms with Crippen LogP contribution in [-0.2, 0) is 0 Å². The van der Waals surface area contributed by atoms with Gasteiger partial charge in [0.2, 0.25) is 0 Å². The van der Waals surface area contributed by atoms with Crippen molar-refractivity contribution in [2.75, 3.05) is 7.05 Å². The zero-order chi connectivity index (χ0) is 12.6. The lowest BCUT2D eigenvalue weighted by Gasteiger charge is -2.31. The zero-order valence-electron chi connectivity index (χ0n) is 11.5. The van der Waals surface area contributed by atoms with Gasteiger partial charge >= 0.3 is 0 Å². The Bertz CT molecular complexity index is 338. The molecular weight excluding hydrogens is 222 g/mol. The van der Waals surface area contributed by atoms with Gasteiger partial charge in [-0.2, -0.15) is 5.26 Å². The minimum absolute atomic E-state index is 0.210. The quantitative estimate of drug-likeness (QED) is 0.829. The lowest BCUT2D eigenvalue weighted by atomic mass is 9.98. The van der Waals surface area contributed by atoms with E-state index in [1.165, 1.54) is 44.9 Å². The Morgan fingerprint density at radius 1 is 1.11 bits per heavy atom. The van der Waals surface area contributed by atoms with E-state index in [1.54, 1.807) is 0 Å². The smallest absolute Gasteiger partial charge is 0.108 e. The Labute approximate surface area is 111 Å². The molecule has 3 saturated carbocycles. The second-order valence-electron chi connectivity index (χ2n) is 6.61. The van der Waals surface area contributed by atoms with E-state index >= 15 is 0 Å². The molecule has 1 N–H and O–H groups in total. The van der Waals surface area contributed by atoms with Crippen molar-refractivity contribution in [2.24, 2.45) is 0 Å². The van der Waals surface area contributed by atoms with Gasteiger partial charge in [0.05, 0.1) is 6.07 Å². The van der Waals surface area contributed by atoms with Gasteiger partial charge < -0.3 is 4.90 Å². The molecule has 3 fully saturated rings. The average Bonchev–Trinajstić information content (AvgIpc) is 2.90. The van der Waals surface area contributed by atoms with Crippen molar-refractivity contribution >= 4 is 0 Å². The monoisotopic (exact) mass is 247 g/mol. The first-order chi connectivity index (χ1) is 8.72. The molecule has 0 aromatic rings. The summed E-state index contributed by atoms with van der Waals surface area (Å²) in [7, 11) is 2.28. The number of hydrogen-bond donors (Lipinski definition) is 1. The molecule has 0 spiro atoms. The molecular formula is C15H25N3. The molecule has 0 saturated heterocycles. The lowest BCUT2D eigenvalue weighted by Crippen LogP contribution is -2.45. The van der Waals surface area contributed by atoms with Crippen LogP contribution in [0.5, 0.6) is 0 Å². The summed E-state index contributed by atoms with van der Waals surface area (Å²) in [4.78, 5) is 2.58. The molecule has 0 aromatic heterocycles. The van der Waals surface area contributed by atoms with Gasteiger partial charge in [-0.1, -0.05) is 12.8 Å². The normalized spacial score (nSPS) is 37.3. The molecule has 3 aliphatic carbocycles. The average molecular weight is 247 g/mol. The van der Waals surface area contributed by atoms with E-state index in [1.807, 2.05) is 0 Å². The van der Waals surface area contributed by atoms with E-state index in [2.05, 4.69) is 23.3 Å². The van der Waals surface area contributed by atoms with Crippen LogP contribution < -0.4 is 5.32 Å². The van der Waals surface area contributed by atoms with E-state index in [9.17, 15) is 5.26 Å². The maximum Gasteiger partial charge on any atom is 0.108 e. The third kappa shape index (κ3) is 2.41. The third-order valence-corrected chi connectivity index (χ3v) is 5.24. The van der Waals surface area contributed by atoms with Gasteiger partial charge in [-0.15, -0.1) is 0 Å². The highest BCUT2D eigenvalue weighted by atomic mass is 15.2. The molecule has 100 valence electrons. The SMILES string of the molecule is CN(C1CCCC1)C1CCC(C#N)(NC2CC2)C1. The highest BCUT2D eigenvalue weighted by Crippen LogP contribution is 2.37. The van der Waals surface area contributed by atoms with Crippen molar-refractivity contribution in [3.63, 3.8) is 0 Å². The van der Waals surface area contributed by atoms with E-state index in [-0.39, 0.29) is 5.54 Å². The van der Waals surface area contributed by atoms with Crippen LogP contribution in [0.1, 0.15) is 57.8 Å². The predicted octanol–water partition coefficient (Wildman–Crippen LogP) is 2.43. The standard InChI is InChI=1S/C15H25N3/c1-18(13-4-2-3-5-13)14-8-9-15(10-14,11-16)17-12-6-7-12/h12-14,17H,2-10H2,1H3. The fraction of sp³-hybridized carbons (Fsp3) is 0.933. The first-order valence-electron chi connectivity index (χ1n) is 7.63. The summed E-state index contributed by atoms with van der Waals surface area (Å²) >= 11 is 0. The number of hydrogen-bond acceptors (Lipinski definition) is 3. The topological polar surface area (TPSA) is 39.1 Å². The summed E-state index contributed by atoms with van der Waals surface area (Å²) in [5.41, 5.74) is -0.210. The van der Waals surface area contributed by atoms with Crippen LogP contribution in [0.15, 0.2) is 0 Å². The Kier molecular flexibility index (Phi) is 3.34. The van der Waals surface area contributed by atoms with E-state index in [0.29, 0.717) is 12.1 Å². The molecule has 3 heteroatoms. The van der Waals surface area contributed by atoms with Crippen LogP contribution in [0.2, 0.25) is 0 Å². The number of nitriles is 1. The molecule has 0 aliphatic heterocycles. The fourth-order valence-corrected chi connectivity index (χ4v) is 3.86. The second kappa shape index (κ2) is 4.83. The summed E-state index contributed by atoms with van der Waals surface area (Å²) in [6, 6.07) is 4.63. The zero-order valence-corrected chi connectivity index (χ0v) is 11.5. The van der Waals surface area contributed by atoms with Gasteiger partial charge in [-0.25, -0.2) is 0 Å². The fourth-order valence-electron chi connectivity index (χ4n) is 3.86. The first-order valence-corrected chi connectivity index (χ1v) is 7.63. The van der Waals surface area contributed by atoms with Gasteiger partial charge in [0.25, 0.3) is 0 Å². The van der Waals surface area contributed by atoms with Crippen LogP contribution in [0, 0.1) is 11.3 Å².